The maximum atomic E-state index is 4.68. The second-order valence-corrected chi connectivity index (χ2v) is 17.9. The van der Waals surface area contributed by atoms with Crippen molar-refractivity contribution in [2.24, 2.45) is 0 Å². The van der Waals surface area contributed by atoms with Crippen molar-refractivity contribution in [3.63, 3.8) is 0 Å². The summed E-state index contributed by atoms with van der Waals surface area (Å²) in [6.07, 6.45) is 3.41. The molecule has 0 unspecified atom stereocenters. The zero-order valence-corrected chi connectivity index (χ0v) is 27.2. The van der Waals surface area contributed by atoms with Gasteiger partial charge in [0.25, 0.3) is 0 Å². The minimum absolute atomic E-state index is 0.828. The minimum atomic E-state index is -1.43. The van der Waals surface area contributed by atoms with Gasteiger partial charge in [0.05, 0.1) is 19.4 Å². The Hall–Kier alpha value is -5.52. The number of hydrogen-bond donors (Lipinski definition) is 0. The molecule has 0 bridgehead atoms. The van der Waals surface area contributed by atoms with Gasteiger partial charge in [-0.05, 0) is 76.1 Å². The lowest BCUT2D eigenvalue weighted by Crippen LogP contribution is -2.37. The molecule has 5 heteroatoms. The molecule has 0 N–H and O–H groups in total. The van der Waals surface area contributed by atoms with Crippen molar-refractivity contribution in [1.29, 1.82) is 0 Å². The number of nitrogens with zero attached hydrogens (tertiary/aromatic N) is 4. The van der Waals surface area contributed by atoms with Gasteiger partial charge in [0.1, 0.15) is 12.1 Å². The van der Waals surface area contributed by atoms with Crippen LogP contribution in [0.3, 0.4) is 0 Å². The van der Waals surface area contributed by atoms with Crippen molar-refractivity contribution in [1.82, 2.24) is 9.97 Å². The summed E-state index contributed by atoms with van der Waals surface area (Å²) in [6.45, 7) is 7.20. The van der Waals surface area contributed by atoms with Crippen LogP contribution in [0.25, 0.3) is 32.3 Å². The van der Waals surface area contributed by atoms with Gasteiger partial charge in [-0.15, -0.1) is 0 Å². The fourth-order valence-electron chi connectivity index (χ4n) is 6.66. The van der Waals surface area contributed by atoms with E-state index in [9.17, 15) is 0 Å². The molecule has 8 aromatic rings. The maximum absolute atomic E-state index is 4.68. The molecule has 8 rings (SSSR count). The maximum Gasteiger partial charge on any atom is 0.140 e. The first-order valence-corrected chi connectivity index (χ1v) is 19.2. The second kappa shape index (κ2) is 11.1. The summed E-state index contributed by atoms with van der Waals surface area (Å²) >= 11 is 0. The highest BCUT2D eigenvalue weighted by molar-refractivity contribution is 6.88. The van der Waals surface area contributed by atoms with Crippen molar-refractivity contribution in [2.45, 2.75) is 19.6 Å². The molecule has 1 aromatic heterocycles. The number of benzene rings is 7. The lowest BCUT2D eigenvalue weighted by molar-refractivity contribution is 1.11. The van der Waals surface area contributed by atoms with E-state index in [-0.39, 0.29) is 0 Å². The van der Waals surface area contributed by atoms with Crippen LogP contribution in [0.2, 0.25) is 19.6 Å². The van der Waals surface area contributed by atoms with Crippen LogP contribution >= 0.6 is 0 Å². The van der Waals surface area contributed by atoms with E-state index in [1.807, 2.05) is 12.1 Å². The highest BCUT2D eigenvalue weighted by atomic mass is 28.3. The van der Waals surface area contributed by atoms with E-state index in [0.717, 1.165) is 34.3 Å². The van der Waals surface area contributed by atoms with Crippen molar-refractivity contribution in [2.75, 3.05) is 9.80 Å². The molecule has 0 aliphatic heterocycles. The summed E-state index contributed by atoms with van der Waals surface area (Å²) in [5, 5.41) is 8.83. The van der Waals surface area contributed by atoms with E-state index in [1.165, 1.54) is 37.5 Å². The van der Waals surface area contributed by atoms with E-state index in [2.05, 4.69) is 167 Å². The fraction of sp³-hybridized carbons (Fsp3) is 0.0732. The highest BCUT2D eigenvalue weighted by Gasteiger charge is 2.22. The van der Waals surface area contributed by atoms with Crippen LogP contribution in [-0.2, 0) is 0 Å². The zero-order chi connectivity index (χ0) is 31.3. The first-order valence-electron chi connectivity index (χ1n) is 15.7. The third-order valence-corrected chi connectivity index (χ3v) is 11.0. The Labute approximate surface area is 270 Å². The van der Waals surface area contributed by atoms with Crippen molar-refractivity contribution >= 4 is 79.8 Å². The standard InChI is InChI=1S/C41H34N4Si/c1-46(2,3)34-20-18-33(19-21-34)44(31-10-6-4-7-11-31)37-24-16-29-15-23-36-38(25-17-30-14-22-35(37)40(29)41(30)36)45(32-12-8-5-9-13-32)39-26-27-42-28-43-39/h4-28H,1-3H3. The molecular formula is C41H34N4Si. The van der Waals surface area contributed by atoms with Gasteiger partial charge in [0.2, 0.25) is 0 Å². The van der Waals surface area contributed by atoms with E-state index < -0.39 is 8.07 Å². The number of rotatable bonds is 7. The summed E-state index contributed by atoms with van der Waals surface area (Å²) in [5.74, 6) is 0.828. The molecule has 1 heterocycles. The molecule has 46 heavy (non-hydrogen) atoms. The average molecular weight is 611 g/mol. The molecule has 0 atom stereocenters. The molecular weight excluding hydrogens is 577 g/mol. The molecule has 4 nitrogen and oxygen atoms in total. The predicted octanol–water partition coefficient (Wildman–Crippen LogP) is 10.9. The van der Waals surface area contributed by atoms with E-state index >= 15 is 0 Å². The molecule has 0 radical (unpaired) electrons. The third kappa shape index (κ3) is 4.77. The van der Waals surface area contributed by atoms with Gasteiger partial charge in [-0.2, -0.15) is 0 Å². The molecule has 0 aliphatic carbocycles. The Morgan fingerprint density at radius 1 is 0.478 bits per heavy atom. The van der Waals surface area contributed by atoms with Gasteiger partial charge >= 0.3 is 0 Å². The SMILES string of the molecule is C[Si](C)(C)c1ccc(N(c2ccccc2)c2ccc3ccc4c(N(c5ccccc5)c5ccncn5)ccc5ccc2c3c54)cc1. The molecule has 222 valence electrons. The van der Waals surface area contributed by atoms with Gasteiger partial charge in [-0.25, -0.2) is 9.97 Å². The monoisotopic (exact) mass is 610 g/mol. The summed E-state index contributed by atoms with van der Waals surface area (Å²) in [7, 11) is -1.43. The number of hydrogen-bond acceptors (Lipinski definition) is 4. The van der Waals surface area contributed by atoms with E-state index in [4.69, 9.17) is 0 Å². The Kier molecular flexibility index (Phi) is 6.77. The Morgan fingerprint density at radius 2 is 0.978 bits per heavy atom. The van der Waals surface area contributed by atoms with Crippen LogP contribution in [0, 0.1) is 0 Å². The number of para-hydroxylation sites is 2. The average Bonchev–Trinajstić information content (AvgIpc) is 3.10. The Bertz CT molecular complexity index is 2240. The van der Waals surface area contributed by atoms with Gasteiger partial charge in [-0.1, -0.05) is 110 Å². The minimum Gasteiger partial charge on any atom is -0.310 e. The highest BCUT2D eigenvalue weighted by Crippen LogP contribution is 2.47. The third-order valence-electron chi connectivity index (χ3n) is 8.92. The zero-order valence-electron chi connectivity index (χ0n) is 26.2. The molecule has 0 saturated heterocycles. The van der Waals surface area contributed by atoms with Gasteiger partial charge in [-0.3, -0.25) is 4.90 Å². The topological polar surface area (TPSA) is 32.3 Å². The lowest BCUT2D eigenvalue weighted by Gasteiger charge is -2.29. The van der Waals surface area contributed by atoms with Gasteiger partial charge in [0, 0.05) is 34.0 Å². The summed E-state index contributed by atoms with van der Waals surface area (Å²) < 4.78 is 0. The van der Waals surface area contributed by atoms with E-state index in [0.29, 0.717) is 0 Å². The van der Waals surface area contributed by atoms with Crippen LogP contribution in [0.1, 0.15) is 0 Å². The quantitative estimate of drug-likeness (QED) is 0.133. The molecule has 0 saturated carbocycles. The first kappa shape index (κ1) is 28.0. The van der Waals surface area contributed by atoms with Crippen LogP contribution < -0.4 is 15.0 Å². The Morgan fingerprint density at radius 3 is 1.50 bits per heavy atom. The Balaban J connectivity index is 1.38. The lowest BCUT2D eigenvalue weighted by atomic mass is 9.92. The smallest absolute Gasteiger partial charge is 0.140 e. The van der Waals surface area contributed by atoms with E-state index in [1.54, 1.807) is 12.5 Å². The predicted molar refractivity (Wildman–Crippen MR) is 198 cm³/mol. The van der Waals surface area contributed by atoms with Gasteiger partial charge in [0.15, 0.2) is 0 Å². The largest absolute Gasteiger partial charge is 0.310 e. The van der Waals surface area contributed by atoms with Crippen LogP contribution in [0.15, 0.2) is 152 Å². The first-order chi connectivity index (χ1) is 22.5. The molecule has 0 spiro atoms. The molecule has 0 fully saturated rings. The number of aromatic nitrogens is 2. The van der Waals surface area contributed by atoms with Crippen molar-refractivity contribution in [3.8, 4) is 0 Å². The molecule has 0 aliphatic rings. The fourth-order valence-corrected chi connectivity index (χ4v) is 7.83. The molecule has 7 aromatic carbocycles. The summed E-state index contributed by atoms with van der Waals surface area (Å²) in [6, 6.07) is 50.4. The van der Waals surface area contributed by atoms with Crippen molar-refractivity contribution < 1.29 is 0 Å². The normalized spacial score (nSPS) is 11.8. The second-order valence-electron chi connectivity index (χ2n) is 12.8. The molecule has 0 amide bonds. The van der Waals surface area contributed by atoms with Crippen molar-refractivity contribution in [3.05, 3.63) is 152 Å². The summed E-state index contributed by atoms with van der Waals surface area (Å²) in [4.78, 5) is 13.5. The summed E-state index contributed by atoms with van der Waals surface area (Å²) in [5.41, 5.74) is 5.59. The van der Waals surface area contributed by atoms with Gasteiger partial charge < -0.3 is 4.90 Å². The van der Waals surface area contributed by atoms with Crippen LogP contribution in [0.4, 0.5) is 34.3 Å². The van der Waals surface area contributed by atoms with Crippen LogP contribution in [-0.4, -0.2) is 18.0 Å². The van der Waals surface area contributed by atoms with Crippen LogP contribution in [0.5, 0.6) is 0 Å². The number of anilines is 6.